The first kappa shape index (κ1) is 25.7. The van der Waals surface area contributed by atoms with Crippen molar-refractivity contribution in [2.75, 3.05) is 0 Å². The third-order valence-electron chi connectivity index (χ3n) is 8.32. The molecule has 9 aromatic rings. The fourth-order valence-corrected chi connectivity index (χ4v) is 8.29. The van der Waals surface area contributed by atoms with Crippen LogP contribution >= 0.6 is 34.5 Å². The third-order valence-corrected chi connectivity index (χ3v) is 9.93. The number of fused-ring (bicyclic) bond motifs is 9. The van der Waals surface area contributed by atoms with Crippen molar-refractivity contribution in [3.05, 3.63) is 132 Å². The number of benzene rings is 6. The minimum atomic E-state index is 0.0623. The van der Waals surface area contributed by atoms with Crippen molar-refractivity contribution >= 4 is 87.3 Å². The minimum absolute atomic E-state index is 0.0623. The van der Waals surface area contributed by atoms with Crippen molar-refractivity contribution in [2.24, 2.45) is 0 Å². The smallest absolute Gasteiger partial charge is 0.227 e. The van der Waals surface area contributed by atoms with Gasteiger partial charge < -0.3 is 4.57 Å². The molecule has 0 amide bonds. The van der Waals surface area contributed by atoms with E-state index in [1.165, 1.54) is 42.1 Å². The lowest BCUT2D eigenvalue weighted by Crippen LogP contribution is -1.97. The fraction of sp³-hybridized carbons (Fsp3) is 0. The van der Waals surface area contributed by atoms with Gasteiger partial charge in [0.1, 0.15) is 0 Å². The van der Waals surface area contributed by atoms with Gasteiger partial charge in [0.15, 0.2) is 5.82 Å². The summed E-state index contributed by atoms with van der Waals surface area (Å²) in [6.45, 7) is 0. The van der Waals surface area contributed by atoms with E-state index in [1.807, 2.05) is 17.4 Å². The van der Waals surface area contributed by atoms with Crippen LogP contribution in [0.25, 0.3) is 81.0 Å². The predicted octanol–water partition coefficient (Wildman–Crippen LogP) is 11.1. The van der Waals surface area contributed by atoms with Crippen molar-refractivity contribution in [1.82, 2.24) is 19.5 Å². The normalized spacial score (nSPS) is 11.9. The number of para-hydroxylation sites is 2. The van der Waals surface area contributed by atoms with Gasteiger partial charge in [0.25, 0.3) is 0 Å². The predicted molar refractivity (Wildman–Crippen MR) is 185 cm³/mol. The molecule has 0 spiro atoms. The first-order valence-corrected chi connectivity index (χ1v) is 15.8. The molecule has 44 heavy (non-hydrogen) atoms. The SMILES string of the molecule is Clc1nc(Cl)nc(-c2cc3c(c4ccccc4n3-c3ccccc3)c3c2ccc2c4cccc(-c5ccccc5)c4sc23)n1. The van der Waals surface area contributed by atoms with Gasteiger partial charge >= 0.3 is 0 Å². The number of hydrogen-bond acceptors (Lipinski definition) is 4. The molecule has 9 rings (SSSR count). The van der Waals surface area contributed by atoms with Crippen LogP contribution in [0.4, 0.5) is 0 Å². The second-order valence-electron chi connectivity index (χ2n) is 10.7. The van der Waals surface area contributed by atoms with Crippen LogP contribution in [-0.4, -0.2) is 19.5 Å². The molecule has 0 fully saturated rings. The highest BCUT2D eigenvalue weighted by atomic mass is 35.5. The zero-order valence-corrected chi connectivity index (χ0v) is 25.3. The average Bonchev–Trinajstić information content (AvgIpc) is 3.60. The summed E-state index contributed by atoms with van der Waals surface area (Å²) in [6.07, 6.45) is 0. The number of aromatic nitrogens is 4. The van der Waals surface area contributed by atoms with E-state index in [2.05, 4.69) is 135 Å². The quantitative estimate of drug-likeness (QED) is 0.197. The molecule has 0 saturated heterocycles. The molecule has 0 aliphatic rings. The van der Waals surface area contributed by atoms with E-state index in [1.54, 1.807) is 0 Å². The summed E-state index contributed by atoms with van der Waals surface area (Å²) in [5.74, 6) is 0.442. The number of thiophene rings is 1. The Bertz CT molecular complexity index is 2550. The lowest BCUT2D eigenvalue weighted by Gasteiger charge is -2.12. The maximum Gasteiger partial charge on any atom is 0.227 e. The van der Waals surface area contributed by atoms with Gasteiger partial charge in [-0.1, -0.05) is 97.1 Å². The highest BCUT2D eigenvalue weighted by Crippen LogP contribution is 2.48. The van der Waals surface area contributed by atoms with E-state index < -0.39 is 0 Å². The van der Waals surface area contributed by atoms with E-state index >= 15 is 0 Å². The molecule has 208 valence electrons. The Morgan fingerprint density at radius 1 is 0.500 bits per heavy atom. The monoisotopic (exact) mass is 622 g/mol. The Kier molecular flexibility index (Phi) is 5.75. The molecule has 0 saturated carbocycles. The maximum atomic E-state index is 6.34. The van der Waals surface area contributed by atoms with Crippen LogP contribution in [0, 0.1) is 0 Å². The molecule has 3 heterocycles. The van der Waals surface area contributed by atoms with Crippen LogP contribution in [0.2, 0.25) is 10.6 Å². The number of halogens is 2. The van der Waals surface area contributed by atoms with E-state index in [4.69, 9.17) is 23.2 Å². The molecule has 6 aromatic carbocycles. The molecule has 0 radical (unpaired) electrons. The van der Waals surface area contributed by atoms with E-state index in [9.17, 15) is 0 Å². The van der Waals surface area contributed by atoms with E-state index in [-0.39, 0.29) is 10.6 Å². The standard InChI is InChI=1S/C37H20Cl2N4S/c38-36-40-35(41-37(39)42-36)28-20-30-31(27-14-7-8-17-29(27)43(30)22-12-5-2-6-13-22)32-24(28)18-19-26-25-16-9-15-23(33(25)44-34(26)32)21-10-3-1-4-11-21/h1-20H. The van der Waals surface area contributed by atoms with Crippen molar-refractivity contribution in [2.45, 2.75) is 0 Å². The molecular weight excluding hydrogens is 603 g/mol. The summed E-state index contributed by atoms with van der Waals surface area (Å²) in [7, 11) is 0. The van der Waals surface area contributed by atoms with Crippen LogP contribution < -0.4 is 0 Å². The van der Waals surface area contributed by atoms with Crippen LogP contribution in [0.15, 0.2) is 121 Å². The van der Waals surface area contributed by atoms with Gasteiger partial charge in [0.2, 0.25) is 10.6 Å². The number of nitrogens with zero attached hydrogens (tertiary/aromatic N) is 4. The number of hydrogen-bond donors (Lipinski definition) is 0. The summed E-state index contributed by atoms with van der Waals surface area (Å²) in [6, 6.07) is 42.8. The van der Waals surface area contributed by atoms with Gasteiger partial charge in [-0.15, -0.1) is 11.3 Å². The molecule has 0 atom stereocenters. The second-order valence-corrected chi connectivity index (χ2v) is 12.4. The lowest BCUT2D eigenvalue weighted by atomic mass is 9.96. The molecule has 0 aliphatic heterocycles. The third kappa shape index (κ3) is 3.80. The summed E-state index contributed by atoms with van der Waals surface area (Å²) >= 11 is 14.5. The first-order valence-electron chi connectivity index (χ1n) is 14.2. The van der Waals surface area contributed by atoms with Gasteiger partial charge in [-0.3, -0.25) is 0 Å². The van der Waals surface area contributed by atoms with Gasteiger partial charge in [-0.25, -0.2) is 0 Å². The summed E-state index contributed by atoms with van der Waals surface area (Å²) in [5, 5.41) is 7.15. The van der Waals surface area contributed by atoms with Crippen LogP contribution in [0.3, 0.4) is 0 Å². The van der Waals surface area contributed by atoms with Gasteiger partial charge in [-0.2, -0.15) is 15.0 Å². The molecule has 0 aliphatic carbocycles. The Morgan fingerprint density at radius 2 is 1.16 bits per heavy atom. The first-order chi connectivity index (χ1) is 21.7. The minimum Gasteiger partial charge on any atom is -0.309 e. The largest absolute Gasteiger partial charge is 0.309 e. The number of rotatable bonds is 3. The molecule has 0 unspecified atom stereocenters. The molecule has 7 heteroatoms. The lowest BCUT2D eigenvalue weighted by molar-refractivity contribution is 1.06. The van der Waals surface area contributed by atoms with Crippen LogP contribution in [0.1, 0.15) is 0 Å². The summed E-state index contributed by atoms with van der Waals surface area (Å²) < 4.78 is 4.80. The zero-order chi connectivity index (χ0) is 29.4. The zero-order valence-electron chi connectivity index (χ0n) is 23.0. The highest BCUT2D eigenvalue weighted by molar-refractivity contribution is 7.27. The van der Waals surface area contributed by atoms with Crippen molar-refractivity contribution in [3.8, 4) is 28.2 Å². The Labute approximate surface area is 265 Å². The Hall–Kier alpha value is -4.81. The molecule has 0 N–H and O–H groups in total. The molecular formula is C37H20Cl2N4S. The maximum absolute atomic E-state index is 6.34. The average molecular weight is 624 g/mol. The van der Waals surface area contributed by atoms with Crippen molar-refractivity contribution < 1.29 is 0 Å². The molecule has 4 nitrogen and oxygen atoms in total. The Morgan fingerprint density at radius 3 is 1.95 bits per heavy atom. The van der Waals surface area contributed by atoms with Gasteiger partial charge in [-0.05, 0) is 64.0 Å². The molecule has 3 aromatic heterocycles. The van der Waals surface area contributed by atoms with E-state index in [0.29, 0.717) is 5.82 Å². The van der Waals surface area contributed by atoms with Crippen molar-refractivity contribution in [3.63, 3.8) is 0 Å². The van der Waals surface area contributed by atoms with Crippen LogP contribution in [0.5, 0.6) is 0 Å². The van der Waals surface area contributed by atoms with E-state index in [0.717, 1.165) is 33.1 Å². The Balaban J connectivity index is 1.52. The highest BCUT2D eigenvalue weighted by Gasteiger charge is 2.23. The summed E-state index contributed by atoms with van der Waals surface area (Å²) in [5.41, 5.74) is 6.54. The molecule has 0 bridgehead atoms. The summed E-state index contributed by atoms with van der Waals surface area (Å²) in [4.78, 5) is 13.1. The second kappa shape index (κ2) is 9.86. The van der Waals surface area contributed by atoms with Gasteiger partial charge in [0, 0.05) is 47.6 Å². The topological polar surface area (TPSA) is 43.6 Å². The van der Waals surface area contributed by atoms with Crippen molar-refractivity contribution in [1.29, 1.82) is 0 Å². The fourth-order valence-electron chi connectivity index (χ4n) is 6.54. The van der Waals surface area contributed by atoms with Crippen LogP contribution in [-0.2, 0) is 0 Å². The van der Waals surface area contributed by atoms with Gasteiger partial charge in [0.05, 0.1) is 11.0 Å².